The van der Waals surface area contributed by atoms with E-state index in [0.29, 0.717) is 30.8 Å². The fraction of sp³-hybridized carbons (Fsp3) is 0.450. The number of rotatable bonds is 4. The van der Waals surface area contributed by atoms with Gasteiger partial charge in [0.1, 0.15) is 5.57 Å². The predicted octanol–water partition coefficient (Wildman–Crippen LogP) is 3.15. The second-order valence-corrected chi connectivity index (χ2v) is 6.54. The number of ether oxygens (including phenoxy) is 4. The monoisotopic (exact) mass is 374 g/mol. The van der Waals surface area contributed by atoms with Gasteiger partial charge in [-0.2, -0.15) is 0 Å². The fourth-order valence-electron chi connectivity index (χ4n) is 3.25. The normalized spacial score (nSPS) is 18.5. The molecule has 0 radical (unpaired) electrons. The molecule has 1 aliphatic carbocycles. The molecule has 0 atom stereocenters. The van der Waals surface area contributed by atoms with Gasteiger partial charge in [0.25, 0.3) is 5.79 Å². The lowest BCUT2D eigenvalue weighted by atomic mass is 9.93. The summed E-state index contributed by atoms with van der Waals surface area (Å²) in [4.78, 5) is 36.0. The summed E-state index contributed by atoms with van der Waals surface area (Å²) >= 11 is 0. The Kier molecular flexibility index (Phi) is 5.48. The topological polar surface area (TPSA) is 88.1 Å². The highest BCUT2D eigenvalue weighted by Crippen LogP contribution is 2.37. The molecule has 2 fully saturated rings. The summed E-state index contributed by atoms with van der Waals surface area (Å²) in [5, 5.41) is 0. The van der Waals surface area contributed by atoms with Gasteiger partial charge in [0.05, 0.1) is 6.61 Å². The third-order valence-electron chi connectivity index (χ3n) is 4.44. The molecular formula is C20H22O7. The summed E-state index contributed by atoms with van der Waals surface area (Å²) in [6.07, 6.45) is 5.20. The standard InChI is InChI=1S/C20H22O7/c1-3-24-17-12-14(7-8-16(17)25-13(2)21)11-15-18(22)26-20(27-19(15)23)9-5-4-6-10-20/h7-8,11-12H,3-6,9-10H2,1-2H3. The second kappa shape index (κ2) is 7.82. The largest absolute Gasteiger partial charge is 0.490 e. The molecule has 1 heterocycles. The Hall–Kier alpha value is -2.83. The molecule has 2 aliphatic rings. The maximum Gasteiger partial charge on any atom is 0.348 e. The lowest BCUT2D eigenvalue weighted by Gasteiger charge is -2.38. The van der Waals surface area contributed by atoms with Gasteiger partial charge in [0.2, 0.25) is 0 Å². The molecule has 0 unspecified atom stereocenters. The minimum Gasteiger partial charge on any atom is -0.490 e. The quantitative estimate of drug-likeness (QED) is 0.346. The first kappa shape index (κ1) is 18.9. The van der Waals surface area contributed by atoms with Gasteiger partial charge in [-0.25, -0.2) is 9.59 Å². The molecule has 7 nitrogen and oxygen atoms in total. The van der Waals surface area contributed by atoms with Crippen LogP contribution < -0.4 is 9.47 Å². The van der Waals surface area contributed by atoms with Gasteiger partial charge in [-0.15, -0.1) is 0 Å². The fourth-order valence-corrected chi connectivity index (χ4v) is 3.25. The van der Waals surface area contributed by atoms with E-state index in [1.165, 1.54) is 13.0 Å². The van der Waals surface area contributed by atoms with Crippen molar-refractivity contribution in [2.24, 2.45) is 0 Å². The van der Waals surface area contributed by atoms with E-state index in [0.717, 1.165) is 19.3 Å². The van der Waals surface area contributed by atoms with Crippen molar-refractivity contribution in [1.82, 2.24) is 0 Å². The number of hydrogen-bond donors (Lipinski definition) is 0. The number of esters is 3. The summed E-state index contributed by atoms with van der Waals surface area (Å²) in [6.45, 7) is 3.45. The molecule has 1 saturated carbocycles. The molecule has 1 aromatic rings. The van der Waals surface area contributed by atoms with Crippen molar-refractivity contribution in [2.75, 3.05) is 6.61 Å². The molecule has 0 aromatic heterocycles. The van der Waals surface area contributed by atoms with Crippen molar-refractivity contribution < 1.29 is 33.3 Å². The highest BCUT2D eigenvalue weighted by molar-refractivity contribution is 6.18. The highest BCUT2D eigenvalue weighted by Gasteiger charge is 2.46. The Bertz CT molecular complexity index is 766. The Morgan fingerprint density at radius 3 is 2.37 bits per heavy atom. The lowest BCUT2D eigenvalue weighted by Crippen LogP contribution is -2.47. The molecular weight excluding hydrogens is 352 g/mol. The van der Waals surface area contributed by atoms with Crippen LogP contribution >= 0.6 is 0 Å². The number of carbonyl (C=O) groups is 3. The first-order chi connectivity index (χ1) is 12.9. The van der Waals surface area contributed by atoms with Crippen molar-refractivity contribution in [3.05, 3.63) is 29.3 Å². The first-order valence-electron chi connectivity index (χ1n) is 9.06. The van der Waals surface area contributed by atoms with Crippen molar-refractivity contribution in [2.45, 2.75) is 51.7 Å². The maximum absolute atomic E-state index is 12.4. The molecule has 1 saturated heterocycles. The third kappa shape index (κ3) is 4.30. The number of carbonyl (C=O) groups excluding carboxylic acids is 3. The lowest BCUT2D eigenvalue weighted by molar-refractivity contribution is -0.244. The van der Waals surface area contributed by atoms with E-state index < -0.39 is 23.7 Å². The van der Waals surface area contributed by atoms with Crippen LogP contribution in [0.5, 0.6) is 11.5 Å². The second-order valence-electron chi connectivity index (χ2n) is 6.54. The smallest absolute Gasteiger partial charge is 0.348 e. The average molecular weight is 374 g/mol. The van der Waals surface area contributed by atoms with Gasteiger partial charge in [0, 0.05) is 19.8 Å². The maximum atomic E-state index is 12.4. The Balaban J connectivity index is 1.85. The van der Waals surface area contributed by atoms with Gasteiger partial charge < -0.3 is 18.9 Å². The zero-order chi connectivity index (χ0) is 19.4. The Labute approximate surface area is 157 Å². The van der Waals surface area contributed by atoms with E-state index in [4.69, 9.17) is 18.9 Å². The first-order valence-corrected chi connectivity index (χ1v) is 9.06. The molecule has 0 amide bonds. The molecule has 144 valence electrons. The highest BCUT2D eigenvalue weighted by atomic mass is 16.7. The number of benzene rings is 1. The Morgan fingerprint density at radius 1 is 1.11 bits per heavy atom. The Morgan fingerprint density at radius 2 is 1.78 bits per heavy atom. The van der Waals surface area contributed by atoms with E-state index in [1.54, 1.807) is 25.1 Å². The predicted molar refractivity (Wildman–Crippen MR) is 94.9 cm³/mol. The summed E-state index contributed by atoms with van der Waals surface area (Å²) in [7, 11) is 0. The minimum atomic E-state index is -1.11. The SMILES string of the molecule is CCOc1cc(C=C2C(=O)OC3(CCCCC3)OC2=O)ccc1OC(C)=O. The van der Waals surface area contributed by atoms with Crippen LogP contribution in [0.4, 0.5) is 0 Å². The molecule has 3 rings (SSSR count). The van der Waals surface area contributed by atoms with Crippen LogP contribution in [0.2, 0.25) is 0 Å². The van der Waals surface area contributed by atoms with E-state index in [-0.39, 0.29) is 11.3 Å². The van der Waals surface area contributed by atoms with Crippen LogP contribution in [0.1, 0.15) is 51.5 Å². The van der Waals surface area contributed by atoms with Crippen LogP contribution in [-0.2, 0) is 23.9 Å². The summed E-state index contributed by atoms with van der Waals surface area (Å²) in [5.41, 5.74) is 0.353. The molecule has 1 spiro atoms. The zero-order valence-electron chi connectivity index (χ0n) is 15.4. The van der Waals surface area contributed by atoms with E-state index in [1.807, 2.05) is 0 Å². The van der Waals surface area contributed by atoms with Gasteiger partial charge in [0.15, 0.2) is 11.5 Å². The van der Waals surface area contributed by atoms with Crippen LogP contribution in [0.25, 0.3) is 6.08 Å². The molecule has 1 aliphatic heterocycles. The van der Waals surface area contributed by atoms with Crippen LogP contribution in [0, 0.1) is 0 Å². The van der Waals surface area contributed by atoms with Gasteiger partial charge in [-0.05, 0) is 43.5 Å². The van der Waals surface area contributed by atoms with E-state index in [9.17, 15) is 14.4 Å². The number of hydrogen-bond acceptors (Lipinski definition) is 7. The molecule has 0 N–H and O–H groups in total. The van der Waals surface area contributed by atoms with Crippen LogP contribution in [-0.4, -0.2) is 30.3 Å². The molecule has 7 heteroatoms. The molecule has 27 heavy (non-hydrogen) atoms. The van der Waals surface area contributed by atoms with Crippen molar-refractivity contribution in [3.8, 4) is 11.5 Å². The summed E-state index contributed by atoms with van der Waals surface area (Å²) in [6, 6.07) is 4.74. The summed E-state index contributed by atoms with van der Waals surface area (Å²) < 4.78 is 21.5. The van der Waals surface area contributed by atoms with Crippen molar-refractivity contribution in [3.63, 3.8) is 0 Å². The minimum absolute atomic E-state index is 0.172. The van der Waals surface area contributed by atoms with Crippen molar-refractivity contribution in [1.29, 1.82) is 0 Å². The van der Waals surface area contributed by atoms with Gasteiger partial charge in [-0.3, -0.25) is 4.79 Å². The average Bonchev–Trinajstić information content (AvgIpc) is 2.61. The van der Waals surface area contributed by atoms with E-state index in [2.05, 4.69) is 0 Å². The third-order valence-corrected chi connectivity index (χ3v) is 4.44. The van der Waals surface area contributed by atoms with Gasteiger partial charge in [-0.1, -0.05) is 12.5 Å². The van der Waals surface area contributed by atoms with Gasteiger partial charge >= 0.3 is 17.9 Å². The zero-order valence-corrected chi connectivity index (χ0v) is 15.4. The molecule has 1 aromatic carbocycles. The molecule has 0 bridgehead atoms. The van der Waals surface area contributed by atoms with E-state index >= 15 is 0 Å². The summed E-state index contributed by atoms with van der Waals surface area (Å²) in [5.74, 6) is -2.35. The van der Waals surface area contributed by atoms with Crippen LogP contribution in [0.3, 0.4) is 0 Å². The van der Waals surface area contributed by atoms with Crippen LogP contribution in [0.15, 0.2) is 23.8 Å². The van der Waals surface area contributed by atoms with Crippen molar-refractivity contribution >= 4 is 24.0 Å².